The molecule has 0 amide bonds. The standard InChI is InChI=1S/C11H17NS/c1-9(12)7-8-10-5-3-4-6-11(10)13-2/h3-6,9H,7-8,12H2,1-2H3/t9-/m0/s1. The third kappa shape index (κ3) is 3.41. The van der Waals surface area contributed by atoms with Crippen molar-refractivity contribution in [3.8, 4) is 0 Å². The maximum Gasteiger partial charge on any atom is 0.0101 e. The van der Waals surface area contributed by atoms with E-state index >= 15 is 0 Å². The molecule has 0 aliphatic rings. The van der Waals surface area contributed by atoms with E-state index in [-0.39, 0.29) is 0 Å². The fraction of sp³-hybridized carbons (Fsp3) is 0.455. The second-order valence-corrected chi connectivity index (χ2v) is 4.18. The van der Waals surface area contributed by atoms with Gasteiger partial charge in [0.05, 0.1) is 0 Å². The summed E-state index contributed by atoms with van der Waals surface area (Å²) in [6, 6.07) is 8.84. The number of benzene rings is 1. The van der Waals surface area contributed by atoms with Crippen LogP contribution in [0.5, 0.6) is 0 Å². The van der Waals surface area contributed by atoms with Gasteiger partial charge in [-0.3, -0.25) is 0 Å². The van der Waals surface area contributed by atoms with Crippen molar-refractivity contribution in [1.82, 2.24) is 0 Å². The van der Waals surface area contributed by atoms with Crippen LogP contribution in [-0.2, 0) is 6.42 Å². The Hall–Kier alpha value is -0.470. The number of aryl methyl sites for hydroxylation is 1. The molecular formula is C11H17NS. The van der Waals surface area contributed by atoms with Crippen LogP contribution >= 0.6 is 11.8 Å². The van der Waals surface area contributed by atoms with Gasteiger partial charge in [-0.2, -0.15) is 0 Å². The molecule has 0 bridgehead atoms. The monoisotopic (exact) mass is 195 g/mol. The molecule has 2 heteroatoms. The summed E-state index contributed by atoms with van der Waals surface area (Å²) in [7, 11) is 0. The van der Waals surface area contributed by atoms with Crippen molar-refractivity contribution in [2.24, 2.45) is 5.73 Å². The normalized spacial score (nSPS) is 12.8. The molecule has 0 saturated carbocycles. The van der Waals surface area contributed by atoms with E-state index in [1.54, 1.807) is 11.8 Å². The number of hydrogen-bond donors (Lipinski definition) is 1. The minimum atomic E-state index is 0.301. The van der Waals surface area contributed by atoms with Crippen molar-refractivity contribution in [2.45, 2.75) is 30.7 Å². The highest BCUT2D eigenvalue weighted by Gasteiger charge is 2.01. The summed E-state index contributed by atoms with van der Waals surface area (Å²) >= 11 is 1.81. The molecule has 1 rings (SSSR count). The molecular weight excluding hydrogens is 178 g/mol. The van der Waals surface area contributed by atoms with E-state index in [1.807, 2.05) is 0 Å². The molecule has 1 nitrogen and oxygen atoms in total. The van der Waals surface area contributed by atoms with Crippen LogP contribution in [0.2, 0.25) is 0 Å². The Bertz CT molecular complexity index is 258. The van der Waals surface area contributed by atoms with Crippen LogP contribution in [-0.4, -0.2) is 12.3 Å². The molecule has 1 aromatic carbocycles. The molecule has 0 radical (unpaired) electrons. The largest absolute Gasteiger partial charge is 0.328 e. The van der Waals surface area contributed by atoms with Crippen LogP contribution in [0, 0.1) is 0 Å². The third-order valence-electron chi connectivity index (χ3n) is 2.06. The average Bonchev–Trinajstić information content (AvgIpc) is 2.15. The van der Waals surface area contributed by atoms with Crippen LogP contribution in [0.1, 0.15) is 18.9 Å². The van der Waals surface area contributed by atoms with Gasteiger partial charge in [0.1, 0.15) is 0 Å². The molecule has 2 N–H and O–H groups in total. The van der Waals surface area contributed by atoms with Crippen molar-refractivity contribution < 1.29 is 0 Å². The van der Waals surface area contributed by atoms with Gasteiger partial charge in [-0.05, 0) is 37.7 Å². The maximum absolute atomic E-state index is 5.72. The fourth-order valence-electron chi connectivity index (χ4n) is 1.29. The molecule has 1 atom stereocenters. The predicted octanol–water partition coefficient (Wildman–Crippen LogP) is 2.69. The summed E-state index contributed by atoms with van der Waals surface area (Å²) in [5.41, 5.74) is 7.15. The molecule has 0 spiro atoms. The summed E-state index contributed by atoms with van der Waals surface area (Å²) in [5, 5.41) is 0. The summed E-state index contributed by atoms with van der Waals surface area (Å²) < 4.78 is 0. The zero-order valence-electron chi connectivity index (χ0n) is 8.29. The summed E-state index contributed by atoms with van der Waals surface area (Å²) in [6.07, 6.45) is 4.27. The van der Waals surface area contributed by atoms with E-state index in [2.05, 4.69) is 37.4 Å². The van der Waals surface area contributed by atoms with Gasteiger partial charge in [-0.15, -0.1) is 11.8 Å². The Morgan fingerprint density at radius 2 is 2.08 bits per heavy atom. The number of hydrogen-bond acceptors (Lipinski definition) is 2. The summed E-state index contributed by atoms with van der Waals surface area (Å²) in [4.78, 5) is 1.38. The van der Waals surface area contributed by atoms with Gasteiger partial charge in [0, 0.05) is 10.9 Å². The van der Waals surface area contributed by atoms with Crippen molar-refractivity contribution in [3.63, 3.8) is 0 Å². The van der Waals surface area contributed by atoms with Gasteiger partial charge in [0.15, 0.2) is 0 Å². The van der Waals surface area contributed by atoms with Crippen LogP contribution in [0.3, 0.4) is 0 Å². The molecule has 1 aromatic rings. The zero-order valence-corrected chi connectivity index (χ0v) is 9.10. The molecule has 0 aliphatic heterocycles. The molecule has 72 valence electrons. The fourth-order valence-corrected chi connectivity index (χ4v) is 1.94. The van der Waals surface area contributed by atoms with E-state index in [0.29, 0.717) is 6.04 Å². The van der Waals surface area contributed by atoms with Crippen LogP contribution in [0.4, 0.5) is 0 Å². The lowest BCUT2D eigenvalue weighted by molar-refractivity contribution is 0.662. The minimum absolute atomic E-state index is 0.301. The maximum atomic E-state index is 5.72. The molecule has 0 fully saturated rings. The first-order valence-corrected chi connectivity index (χ1v) is 5.84. The van der Waals surface area contributed by atoms with Gasteiger partial charge in [-0.1, -0.05) is 18.2 Å². The lowest BCUT2D eigenvalue weighted by atomic mass is 10.1. The van der Waals surface area contributed by atoms with E-state index < -0.39 is 0 Å². The van der Waals surface area contributed by atoms with Gasteiger partial charge in [-0.25, -0.2) is 0 Å². The van der Waals surface area contributed by atoms with Gasteiger partial charge in [0.2, 0.25) is 0 Å². The Kier molecular flexibility index (Phi) is 4.33. The van der Waals surface area contributed by atoms with Gasteiger partial charge in [0.25, 0.3) is 0 Å². The van der Waals surface area contributed by atoms with Crippen LogP contribution < -0.4 is 5.73 Å². The SMILES string of the molecule is CSc1ccccc1CC[C@H](C)N. The second kappa shape index (κ2) is 5.30. The third-order valence-corrected chi connectivity index (χ3v) is 2.90. The highest BCUT2D eigenvalue weighted by Crippen LogP contribution is 2.21. The lowest BCUT2D eigenvalue weighted by Gasteiger charge is -2.08. The van der Waals surface area contributed by atoms with Gasteiger partial charge >= 0.3 is 0 Å². The Morgan fingerprint density at radius 1 is 1.38 bits per heavy atom. The summed E-state index contributed by atoms with van der Waals surface area (Å²) in [5.74, 6) is 0. The first kappa shape index (κ1) is 10.6. The quantitative estimate of drug-likeness (QED) is 0.748. The average molecular weight is 195 g/mol. The number of thioether (sulfide) groups is 1. The van der Waals surface area contributed by atoms with Crippen molar-refractivity contribution in [1.29, 1.82) is 0 Å². The molecule has 0 aliphatic carbocycles. The summed E-state index contributed by atoms with van der Waals surface area (Å²) in [6.45, 7) is 2.06. The van der Waals surface area contributed by atoms with Crippen LogP contribution in [0.15, 0.2) is 29.2 Å². The molecule has 0 heterocycles. The molecule has 0 saturated heterocycles. The molecule has 13 heavy (non-hydrogen) atoms. The Morgan fingerprint density at radius 3 is 2.69 bits per heavy atom. The molecule has 0 unspecified atom stereocenters. The smallest absolute Gasteiger partial charge is 0.0101 e. The Balaban J connectivity index is 2.64. The first-order valence-electron chi connectivity index (χ1n) is 4.61. The molecule has 0 aromatic heterocycles. The van der Waals surface area contributed by atoms with Crippen LogP contribution in [0.25, 0.3) is 0 Å². The van der Waals surface area contributed by atoms with E-state index in [4.69, 9.17) is 5.73 Å². The first-order chi connectivity index (χ1) is 6.24. The van der Waals surface area contributed by atoms with E-state index in [9.17, 15) is 0 Å². The predicted molar refractivity (Wildman–Crippen MR) is 60.2 cm³/mol. The van der Waals surface area contributed by atoms with E-state index in [1.165, 1.54) is 10.5 Å². The van der Waals surface area contributed by atoms with Crippen molar-refractivity contribution in [2.75, 3.05) is 6.26 Å². The number of rotatable bonds is 4. The topological polar surface area (TPSA) is 26.0 Å². The minimum Gasteiger partial charge on any atom is -0.328 e. The number of nitrogens with two attached hydrogens (primary N) is 1. The second-order valence-electron chi connectivity index (χ2n) is 3.33. The highest BCUT2D eigenvalue weighted by molar-refractivity contribution is 7.98. The van der Waals surface area contributed by atoms with Gasteiger partial charge < -0.3 is 5.73 Å². The van der Waals surface area contributed by atoms with Crippen molar-refractivity contribution >= 4 is 11.8 Å². The Labute approximate surface area is 84.7 Å². The lowest BCUT2D eigenvalue weighted by Crippen LogP contribution is -2.15. The highest BCUT2D eigenvalue weighted by atomic mass is 32.2. The van der Waals surface area contributed by atoms with E-state index in [0.717, 1.165) is 12.8 Å². The zero-order chi connectivity index (χ0) is 9.68. The van der Waals surface area contributed by atoms with Crippen molar-refractivity contribution in [3.05, 3.63) is 29.8 Å².